The molecule has 1 aromatic carbocycles. The molecule has 1 aliphatic rings. The number of amides is 1. The van der Waals surface area contributed by atoms with Crippen LogP contribution in [0.25, 0.3) is 6.08 Å². The van der Waals surface area contributed by atoms with Gasteiger partial charge in [-0.1, -0.05) is 11.6 Å². The average molecular weight is 452 g/mol. The van der Waals surface area contributed by atoms with Gasteiger partial charge in [0.05, 0.1) is 21.2 Å². The van der Waals surface area contributed by atoms with E-state index in [1.165, 1.54) is 12.1 Å². The summed E-state index contributed by atoms with van der Waals surface area (Å²) < 4.78 is 44.4. The molecule has 10 heteroatoms. The number of benzene rings is 1. The molecular formula is C15H7BrClF3N2O2S. The van der Waals surface area contributed by atoms with E-state index in [1.807, 2.05) is 0 Å². The summed E-state index contributed by atoms with van der Waals surface area (Å²) in [5.41, 5.74) is -0.956. The largest absolute Gasteiger partial charge is 0.450 e. The van der Waals surface area contributed by atoms with Gasteiger partial charge in [-0.2, -0.15) is 13.2 Å². The third-order valence-electron chi connectivity index (χ3n) is 3.00. The molecule has 0 unspecified atom stereocenters. The lowest BCUT2D eigenvalue weighted by Crippen LogP contribution is -2.19. The molecule has 1 saturated heterocycles. The number of halogens is 5. The topological polar surface area (TPSA) is 54.6 Å². The van der Waals surface area contributed by atoms with Crippen LogP contribution in [-0.4, -0.2) is 11.1 Å². The van der Waals surface area contributed by atoms with Gasteiger partial charge in [0.2, 0.25) is 0 Å². The van der Waals surface area contributed by atoms with E-state index >= 15 is 0 Å². The van der Waals surface area contributed by atoms with E-state index in [0.29, 0.717) is 15.3 Å². The first kappa shape index (κ1) is 18.1. The molecule has 1 aliphatic heterocycles. The maximum atomic E-state index is 12.9. The van der Waals surface area contributed by atoms with Crippen LogP contribution in [0.15, 0.2) is 49.3 Å². The number of amidine groups is 1. The summed E-state index contributed by atoms with van der Waals surface area (Å²) in [5, 5.41) is 2.24. The third-order valence-corrected chi connectivity index (χ3v) is 4.67. The van der Waals surface area contributed by atoms with Crippen molar-refractivity contribution < 1.29 is 22.4 Å². The molecule has 1 fully saturated rings. The van der Waals surface area contributed by atoms with Gasteiger partial charge in [-0.15, -0.1) is 0 Å². The molecule has 0 radical (unpaired) electrons. The number of carbonyl (C=O) groups excluding carboxylic acids is 1. The van der Waals surface area contributed by atoms with E-state index in [9.17, 15) is 18.0 Å². The Bertz CT molecular complexity index is 908. The summed E-state index contributed by atoms with van der Waals surface area (Å²) in [6.07, 6.45) is -3.08. The number of nitrogens with zero attached hydrogens (tertiary/aromatic N) is 1. The van der Waals surface area contributed by atoms with Crippen LogP contribution in [0.4, 0.5) is 18.9 Å². The predicted molar refractivity (Wildman–Crippen MR) is 93.7 cm³/mol. The van der Waals surface area contributed by atoms with Gasteiger partial charge >= 0.3 is 6.18 Å². The van der Waals surface area contributed by atoms with E-state index in [2.05, 4.69) is 26.2 Å². The smallest absolute Gasteiger partial charge is 0.417 e. The second kappa shape index (κ2) is 6.89. The van der Waals surface area contributed by atoms with Crippen molar-refractivity contribution in [3.05, 3.63) is 56.3 Å². The van der Waals surface area contributed by atoms with E-state index in [4.69, 9.17) is 16.0 Å². The molecule has 130 valence electrons. The van der Waals surface area contributed by atoms with Crippen LogP contribution in [-0.2, 0) is 11.0 Å². The van der Waals surface area contributed by atoms with Gasteiger partial charge in [0, 0.05) is 6.08 Å². The van der Waals surface area contributed by atoms with Crippen molar-refractivity contribution in [1.82, 2.24) is 5.32 Å². The highest BCUT2D eigenvalue weighted by Crippen LogP contribution is 2.37. The maximum Gasteiger partial charge on any atom is 0.417 e. The molecule has 0 saturated carbocycles. The number of furan rings is 1. The van der Waals surface area contributed by atoms with Crippen LogP contribution >= 0.6 is 39.3 Å². The van der Waals surface area contributed by atoms with Crippen molar-refractivity contribution in [2.45, 2.75) is 6.18 Å². The number of hydrogen-bond acceptors (Lipinski definition) is 4. The van der Waals surface area contributed by atoms with Gasteiger partial charge < -0.3 is 9.73 Å². The third kappa shape index (κ3) is 4.28. The molecule has 0 spiro atoms. The minimum atomic E-state index is -4.59. The molecule has 2 heterocycles. The highest BCUT2D eigenvalue weighted by Gasteiger charge is 2.33. The SMILES string of the molecule is O=C1NC(=Nc2ccc(Cl)c(C(F)(F)F)c2)S/C1=C/c1ccc(Br)o1. The zero-order valence-electron chi connectivity index (χ0n) is 12.0. The van der Waals surface area contributed by atoms with Crippen LogP contribution in [0.1, 0.15) is 11.3 Å². The molecule has 4 nitrogen and oxygen atoms in total. The van der Waals surface area contributed by atoms with E-state index in [-0.39, 0.29) is 10.9 Å². The van der Waals surface area contributed by atoms with E-state index < -0.39 is 22.7 Å². The Labute approximate surface area is 157 Å². The monoisotopic (exact) mass is 450 g/mol. The second-order valence-electron chi connectivity index (χ2n) is 4.79. The molecular weight excluding hydrogens is 445 g/mol. The Morgan fingerprint density at radius 2 is 2.04 bits per heavy atom. The highest BCUT2D eigenvalue weighted by atomic mass is 79.9. The Morgan fingerprint density at radius 1 is 1.28 bits per heavy atom. The fourth-order valence-electron chi connectivity index (χ4n) is 1.93. The van der Waals surface area contributed by atoms with Crippen molar-refractivity contribution in [2.75, 3.05) is 0 Å². The van der Waals surface area contributed by atoms with E-state index in [1.54, 1.807) is 12.1 Å². The first-order valence-electron chi connectivity index (χ1n) is 6.64. The van der Waals surface area contributed by atoms with Gasteiger partial charge in [-0.3, -0.25) is 4.79 Å². The zero-order valence-corrected chi connectivity index (χ0v) is 15.2. The van der Waals surface area contributed by atoms with Gasteiger partial charge in [0.1, 0.15) is 5.76 Å². The van der Waals surface area contributed by atoms with Crippen molar-refractivity contribution >= 4 is 62.1 Å². The Hall–Kier alpha value is -1.71. The molecule has 0 aliphatic carbocycles. The maximum absolute atomic E-state index is 12.9. The molecule has 3 rings (SSSR count). The van der Waals surface area contributed by atoms with Crippen LogP contribution < -0.4 is 5.32 Å². The summed E-state index contributed by atoms with van der Waals surface area (Å²) in [4.78, 5) is 16.3. The summed E-state index contributed by atoms with van der Waals surface area (Å²) in [6, 6.07) is 6.61. The van der Waals surface area contributed by atoms with Crippen molar-refractivity contribution in [1.29, 1.82) is 0 Å². The number of rotatable bonds is 2. The van der Waals surface area contributed by atoms with Gasteiger partial charge in [-0.25, -0.2) is 4.99 Å². The number of nitrogens with one attached hydrogen (secondary N) is 1. The molecule has 1 aromatic heterocycles. The van der Waals surface area contributed by atoms with Gasteiger partial charge in [0.25, 0.3) is 5.91 Å². The average Bonchev–Trinajstić information content (AvgIpc) is 3.06. The Balaban J connectivity index is 1.86. The number of carbonyl (C=O) groups is 1. The summed E-state index contributed by atoms with van der Waals surface area (Å²) >= 11 is 9.72. The summed E-state index contributed by atoms with van der Waals surface area (Å²) in [5.74, 6) is 0.0397. The molecule has 0 atom stereocenters. The number of thioether (sulfide) groups is 1. The zero-order chi connectivity index (χ0) is 18.2. The highest BCUT2D eigenvalue weighted by molar-refractivity contribution is 9.10. The summed E-state index contributed by atoms with van der Waals surface area (Å²) in [7, 11) is 0. The molecule has 25 heavy (non-hydrogen) atoms. The lowest BCUT2D eigenvalue weighted by molar-refractivity contribution is -0.137. The fraction of sp³-hybridized carbons (Fsp3) is 0.0667. The minimum absolute atomic E-state index is 0.0292. The lowest BCUT2D eigenvalue weighted by Gasteiger charge is -2.09. The first-order valence-corrected chi connectivity index (χ1v) is 8.63. The normalized spacial score (nSPS) is 18.2. The van der Waals surface area contributed by atoms with E-state index in [0.717, 1.165) is 23.9 Å². The first-order chi connectivity index (χ1) is 11.7. The van der Waals surface area contributed by atoms with Crippen LogP contribution in [0.3, 0.4) is 0 Å². The molecule has 2 aromatic rings. The van der Waals surface area contributed by atoms with Crippen molar-refractivity contribution in [3.63, 3.8) is 0 Å². The van der Waals surface area contributed by atoms with Crippen molar-refractivity contribution in [3.8, 4) is 0 Å². The molecule has 0 bridgehead atoms. The van der Waals surface area contributed by atoms with Crippen molar-refractivity contribution in [2.24, 2.45) is 4.99 Å². The van der Waals surface area contributed by atoms with Crippen LogP contribution in [0, 0.1) is 0 Å². The number of hydrogen-bond donors (Lipinski definition) is 1. The van der Waals surface area contributed by atoms with Crippen LogP contribution in [0.2, 0.25) is 5.02 Å². The standard InChI is InChI=1S/C15H7BrClF3N2O2S/c16-12-4-2-8(24-12)6-11-13(23)22-14(25-11)21-7-1-3-10(17)9(5-7)15(18,19)20/h1-6H,(H,21,22,23)/b11-6+. The predicted octanol–water partition coefficient (Wildman–Crippen LogP) is 5.61. The van der Waals surface area contributed by atoms with Gasteiger partial charge in [0.15, 0.2) is 9.84 Å². The quantitative estimate of drug-likeness (QED) is 0.604. The molecule has 1 N–H and O–H groups in total. The Kier molecular flexibility index (Phi) is 4.99. The molecule has 1 amide bonds. The number of aliphatic imine (C=N–C) groups is 1. The fourth-order valence-corrected chi connectivity index (χ4v) is 3.30. The van der Waals surface area contributed by atoms with Crippen LogP contribution in [0.5, 0.6) is 0 Å². The number of alkyl halides is 3. The second-order valence-corrected chi connectivity index (χ2v) is 7.00. The minimum Gasteiger partial charge on any atom is -0.450 e. The van der Waals surface area contributed by atoms with Gasteiger partial charge in [-0.05, 0) is 58.0 Å². The summed E-state index contributed by atoms with van der Waals surface area (Å²) in [6.45, 7) is 0. The Morgan fingerprint density at radius 3 is 2.68 bits per heavy atom. The lowest BCUT2D eigenvalue weighted by atomic mass is 10.2.